The molecule has 0 amide bonds. The highest BCUT2D eigenvalue weighted by molar-refractivity contribution is 6.82. The number of amidine groups is 1. The molecular weight excluding hydrogens is 309 g/mol. The van der Waals surface area contributed by atoms with Gasteiger partial charge in [-0.05, 0) is 23.2 Å². The van der Waals surface area contributed by atoms with E-state index >= 15 is 0 Å². The van der Waals surface area contributed by atoms with Crippen molar-refractivity contribution in [1.82, 2.24) is 4.98 Å². The third kappa shape index (κ3) is 5.43. The van der Waals surface area contributed by atoms with E-state index in [1.807, 2.05) is 67.7 Å². The molecule has 0 unspecified atom stereocenters. The van der Waals surface area contributed by atoms with E-state index in [2.05, 4.69) is 9.64 Å². The summed E-state index contributed by atoms with van der Waals surface area (Å²) in [5, 5.41) is -0.412. The molecule has 0 fully saturated rings. The van der Waals surface area contributed by atoms with E-state index in [0.717, 1.165) is 0 Å². The van der Waals surface area contributed by atoms with Crippen LogP contribution in [0.1, 0.15) is 41.5 Å². The van der Waals surface area contributed by atoms with Gasteiger partial charge in [0.05, 0.1) is 0 Å². The second kappa shape index (κ2) is 5.72. The molecule has 0 spiro atoms. The van der Waals surface area contributed by atoms with Gasteiger partial charge in [-0.1, -0.05) is 54.6 Å². The number of nitrogens with one attached hydrogen (secondary N) is 1. The van der Waals surface area contributed by atoms with Crippen molar-refractivity contribution in [1.29, 1.82) is 0 Å². The number of alkyl halides is 3. The second-order valence-corrected chi connectivity index (χ2v) is 18.6. The summed E-state index contributed by atoms with van der Waals surface area (Å²) in [5.41, 5.74) is 0. The lowest BCUT2D eigenvalue weighted by molar-refractivity contribution is -0.0607. The van der Waals surface area contributed by atoms with Gasteiger partial charge in [-0.2, -0.15) is 13.2 Å². The van der Waals surface area contributed by atoms with Gasteiger partial charge in [0.2, 0.25) is 0 Å². The molecule has 2 nitrogen and oxygen atoms in total. The van der Waals surface area contributed by atoms with Crippen LogP contribution in [0.4, 0.5) is 13.2 Å². The average Bonchev–Trinajstić information content (AvgIpc) is 2.10. The Kier molecular flexibility index (Phi) is 5.63. The van der Waals surface area contributed by atoms with Crippen LogP contribution in [0.3, 0.4) is 0 Å². The molecule has 0 radical (unpaired) electrons. The van der Waals surface area contributed by atoms with Gasteiger partial charge in [0.25, 0.3) is 0 Å². The maximum absolute atomic E-state index is 13.4. The first-order chi connectivity index (χ1) is 8.81. The minimum atomic E-state index is -4.43. The molecule has 0 bridgehead atoms. The summed E-state index contributed by atoms with van der Waals surface area (Å²) in [4.78, 5) is 2.80. The van der Waals surface area contributed by atoms with Crippen molar-refractivity contribution in [2.24, 2.45) is 4.66 Å². The van der Waals surface area contributed by atoms with Crippen LogP contribution in [0.15, 0.2) is 4.66 Å². The normalized spacial score (nSPS) is 16.1. The van der Waals surface area contributed by atoms with E-state index in [9.17, 15) is 13.2 Å². The molecule has 21 heavy (non-hydrogen) atoms. The Bertz CT molecular complexity index is 400. The first-order valence-corrected chi connectivity index (χ1v) is 13.2. The van der Waals surface area contributed by atoms with Crippen LogP contribution in [0.2, 0.25) is 36.3 Å². The van der Waals surface area contributed by atoms with Crippen LogP contribution < -0.4 is 4.98 Å². The van der Waals surface area contributed by atoms with E-state index in [1.165, 1.54) is 0 Å². The smallest absolute Gasteiger partial charge is 0.392 e. The number of halogens is 3. The van der Waals surface area contributed by atoms with Crippen molar-refractivity contribution in [3.8, 4) is 0 Å². The first-order valence-electron chi connectivity index (χ1n) is 7.26. The third-order valence-electron chi connectivity index (χ3n) is 4.80. The molecule has 0 heterocycles. The Morgan fingerprint density at radius 1 is 0.810 bits per heavy atom. The van der Waals surface area contributed by atoms with Crippen molar-refractivity contribution in [2.45, 2.75) is 84.0 Å². The minimum Gasteiger partial charge on any atom is -0.392 e. The van der Waals surface area contributed by atoms with Crippen LogP contribution in [0.5, 0.6) is 0 Å². The monoisotopic (exact) mass is 340 g/mol. The van der Waals surface area contributed by atoms with Crippen LogP contribution in [0, 0.1) is 0 Å². The van der Waals surface area contributed by atoms with Gasteiger partial charge in [-0.25, -0.2) is 0 Å². The highest BCUT2D eigenvalue weighted by Gasteiger charge is 2.46. The fraction of sp³-hybridized carbons (Fsp3) is 0.929. The largest absolute Gasteiger partial charge is 0.447 e. The molecule has 0 aromatic rings. The fourth-order valence-corrected chi connectivity index (χ4v) is 3.45. The molecule has 0 atom stereocenters. The van der Waals surface area contributed by atoms with Gasteiger partial charge >= 0.3 is 6.18 Å². The summed E-state index contributed by atoms with van der Waals surface area (Å²) in [6.07, 6.45) is -4.43. The highest BCUT2D eigenvalue weighted by atomic mass is 28.3. The standard InChI is InChI=1S/C14H31F3N2Si2/c1-12(2,3)20(7,8)18-11(14(15,16)17)19-21(9,10)13(4,5)6/h1-10H3,(H,18,19). The zero-order valence-corrected chi connectivity index (χ0v) is 17.1. The van der Waals surface area contributed by atoms with Gasteiger partial charge in [0.15, 0.2) is 22.3 Å². The molecular formula is C14H31F3N2Si2. The van der Waals surface area contributed by atoms with Gasteiger partial charge in [0.1, 0.15) is 0 Å². The van der Waals surface area contributed by atoms with Crippen molar-refractivity contribution >= 4 is 22.3 Å². The van der Waals surface area contributed by atoms with Gasteiger partial charge in [0, 0.05) is 0 Å². The maximum Gasteiger partial charge on any atom is 0.447 e. The second-order valence-electron chi connectivity index (χ2n) is 8.77. The van der Waals surface area contributed by atoms with Crippen molar-refractivity contribution in [3.05, 3.63) is 0 Å². The lowest BCUT2D eigenvalue weighted by atomic mass is 10.2. The van der Waals surface area contributed by atoms with Crippen molar-refractivity contribution < 1.29 is 13.2 Å². The SMILES string of the molecule is CC(C)(C)[Si](C)(C)/N=C(\N[Si](C)(C)C(C)(C)C)C(F)(F)F. The fourth-order valence-electron chi connectivity index (χ4n) is 1.09. The van der Waals surface area contributed by atoms with E-state index in [0.29, 0.717) is 0 Å². The van der Waals surface area contributed by atoms with Crippen LogP contribution in [-0.4, -0.2) is 28.5 Å². The average molecular weight is 341 g/mol. The zero-order valence-electron chi connectivity index (χ0n) is 15.1. The molecule has 1 N–H and O–H groups in total. The molecule has 126 valence electrons. The molecule has 7 heteroatoms. The predicted octanol–water partition coefficient (Wildman–Crippen LogP) is 5.55. The molecule has 0 aromatic carbocycles. The number of hydrogen-bond acceptors (Lipinski definition) is 1. The molecule has 0 aliphatic heterocycles. The Labute approximate surface area is 129 Å². The summed E-state index contributed by atoms with van der Waals surface area (Å²) < 4.78 is 44.4. The Morgan fingerprint density at radius 2 is 1.19 bits per heavy atom. The van der Waals surface area contributed by atoms with Crippen LogP contribution in [0.25, 0.3) is 0 Å². The minimum absolute atomic E-state index is 0.188. The summed E-state index contributed by atoms with van der Waals surface area (Å²) in [6.45, 7) is 19.4. The third-order valence-corrected chi connectivity index (χ3v) is 13.9. The molecule has 0 aliphatic rings. The molecule has 0 saturated carbocycles. The van der Waals surface area contributed by atoms with Crippen molar-refractivity contribution in [3.63, 3.8) is 0 Å². The van der Waals surface area contributed by atoms with E-state index in [1.54, 1.807) is 0 Å². The van der Waals surface area contributed by atoms with Crippen LogP contribution >= 0.6 is 0 Å². The first kappa shape index (κ1) is 20.7. The lowest BCUT2D eigenvalue weighted by Crippen LogP contribution is -2.59. The Hall–Kier alpha value is -0.306. The van der Waals surface area contributed by atoms with Crippen LogP contribution in [-0.2, 0) is 0 Å². The lowest BCUT2D eigenvalue weighted by Gasteiger charge is -2.40. The molecule has 0 aromatic heterocycles. The Balaban J connectivity index is 5.77. The van der Waals surface area contributed by atoms with Gasteiger partial charge in [-0.3, -0.25) is 0 Å². The Morgan fingerprint density at radius 3 is 1.43 bits per heavy atom. The zero-order chi connectivity index (χ0) is 17.5. The predicted molar refractivity (Wildman–Crippen MR) is 91.0 cm³/mol. The number of nitrogens with zero attached hydrogens (tertiary/aromatic N) is 1. The summed E-state index contributed by atoms with van der Waals surface area (Å²) >= 11 is 0. The topological polar surface area (TPSA) is 24.4 Å². The highest BCUT2D eigenvalue weighted by Crippen LogP contribution is 2.39. The summed E-state index contributed by atoms with van der Waals surface area (Å²) in [6, 6.07) is 0. The maximum atomic E-state index is 13.4. The van der Waals surface area contributed by atoms with E-state index in [4.69, 9.17) is 0 Å². The quantitative estimate of drug-likeness (QED) is 0.398. The summed E-state index contributed by atoms with van der Waals surface area (Å²) in [7, 11) is -4.72. The van der Waals surface area contributed by atoms with E-state index in [-0.39, 0.29) is 10.1 Å². The van der Waals surface area contributed by atoms with E-state index < -0.39 is 28.5 Å². The summed E-state index contributed by atoms with van der Waals surface area (Å²) in [5.74, 6) is -0.777. The van der Waals surface area contributed by atoms with Gasteiger partial charge in [-0.15, -0.1) is 0 Å². The van der Waals surface area contributed by atoms with Crippen molar-refractivity contribution in [2.75, 3.05) is 0 Å². The number of hydrogen-bond donors (Lipinski definition) is 1. The number of rotatable bonds is 2. The molecule has 0 aliphatic carbocycles. The molecule has 0 saturated heterocycles. The molecule has 0 rings (SSSR count). The van der Waals surface area contributed by atoms with Gasteiger partial charge < -0.3 is 9.64 Å².